The molecule has 0 unspecified atom stereocenters. The molecule has 3 aromatic heterocycles. The summed E-state index contributed by atoms with van der Waals surface area (Å²) >= 11 is 0. The number of rotatable bonds is 3. The first kappa shape index (κ1) is 17.3. The minimum Gasteiger partial charge on any atom is -0.368 e. The number of aromatic amines is 1. The van der Waals surface area contributed by atoms with Gasteiger partial charge in [0.05, 0.1) is 11.1 Å². The smallest absolute Gasteiger partial charge is 0.259 e. The summed E-state index contributed by atoms with van der Waals surface area (Å²) in [6, 6.07) is 8.41. The molecule has 1 amide bonds. The van der Waals surface area contributed by atoms with Crippen LogP contribution in [0.25, 0.3) is 22.0 Å². The Kier molecular flexibility index (Phi) is 4.24. The number of anilines is 2. The fourth-order valence-corrected chi connectivity index (χ4v) is 2.70. The van der Waals surface area contributed by atoms with Crippen molar-refractivity contribution in [3.8, 4) is 11.3 Å². The van der Waals surface area contributed by atoms with Gasteiger partial charge >= 0.3 is 0 Å². The van der Waals surface area contributed by atoms with Crippen LogP contribution < -0.4 is 16.6 Å². The third-order valence-electron chi connectivity index (χ3n) is 4.06. The number of halogens is 1. The Morgan fingerprint density at radius 3 is 2.54 bits per heavy atom. The second kappa shape index (κ2) is 6.88. The Morgan fingerprint density at radius 1 is 1.11 bits per heavy atom. The molecule has 0 atom stereocenters. The molecule has 0 bridgehead atoms. The molecule has 28 heavy (non-hydrogen) atoms. The van der Waals surface area contributed by atoms with Gasteiger partial charge in [-0.1, -0.05) is 0 Å². The quantitative estimate of drug-likeness (QED) is 0.504. The Hall–Kier alpha value is -4.14. The number of benzene rings is 1. The largest absolute Gasteiger partial charge is 0.368 e. The molecular formula is C19H13FN6O2. The van der Waals surface area contributed by atoms with Gasteiger partial charge in [0.25, 0.3) is 11.5 Å². The van der Waals surface area contributed by atoms with E-state index in [1.165, 1.54) is 42.9 Å². The van der Waals surface area contributed by atoms with Crippen molar-refractivity contribution in [1.82, 2.24) is 19.9 Å². The van der Waals surface area contributed by atoms with Gasteiger partial charge in [-0.15, -0.1) is 0 Å². The predicted molar refractivity (Wildman–Crippen MR) is 102 cm³/mol. The maximum absolute atomic E-state index is 13.1. The zero-order valence-electron chi connectivity index (χ0n) is 14.3. The lowest BCUT2D eigenvalue weighted by Gasteiger charge is -2.10. The van der Waals surface area contributed by atoms with Crippen molar-refractivity contribution < 1.29 is 9.18 Å². The van der Waals surface area contributed by atoms with Gasteiger partial charge in [0, 0.05) is 29.7 Å². The Labute approximate surface area is 157 Å². The summed E-state index contributed by atoms with van der Waals surface area (Å²) in [7, 11) is 0. The van der Waals surface area contributed by atoms with Crippen LogP contribution in [0.3, 0.4) is 0 Å². The molecule has 0 aliphatic heterocycles. The number of nitrogen functional groups attached to an aromatic ring is 1. The van der Waals surface area contributed by atoms with E-state index in [2.05, 4.69) is 25.3 Å². The van der Waals surface area contributed by atoms with Crippen molar-refractivity contribution in [1.29, 1.82) is 0 Å². The monoisotopic (exact) mass is 376 g/mol. The summed E-state index contributed by atoms with van der Waals surface area (Å²) in [5, 5.41) is 3.41. The fourth-order valence-electron chi connectivity index (χ4n) is 2.70. The number of pyridine rings is 2. The van der Waals surface area contributed by atoms with Gasteiger partial charge in [-0.2, -0.15) is 0 Å². The normalized spacial score (nSPS) is 10.8. The van der Waals surface area contributed by atoms with Gasteiger partial charge < -0.3 is 16.0 Å². The average molecular weight is 376 g/mol. The molecule has 0 spiro atoms. The molecular weight excluding hydrogens is 363 g/mol. The van der Waals surface area contributed by atoms with Crippen LogP contribution in [0.15, 0.2) is 59.8 Å². The second-order valence-electron chi connectivity index (χ2n) is 5.92. The van der Waals surface area contributed by atoms with Gasteiger partial charge in [0.1, 0.15) is 11.6 Å². The van der Waals surface area contributed by atoms with Crippen LogP contribution in [0.5, 0.6) is 0 Å². The first-order valence-electron chi connectivity index (χ1n) is 8.18. The number of H-pyrrole nitrogens is 1. The van der Waals surface area contributed by atoms with Crippen LogP contribution >= 0.6 is 0 Å². The molecule has 138 valence electrons. The molecule has 0 aliphatic carbocycles. The molecule has 9 heteroatoms. The number of hydrogen-bond donors (Lipinski definition) is 3. The highest BCUT2D eigenvalue weighted by Gasteiger charge is 2.15. The maximum Gasteiger partial charge on any atom is 0.259 e. The van der Waals surface area contributed by atoms with E-state index in [0.29, 0.717) is 16.6 Å². The van der Waals surface area contributed by atoms with E-state index in [9.17, 15) is 14.0 Å². The van der Waals surface area contributed by atoms with E-state index in [4.69, 9.17) is 5.73 Å². The lowest BCUT2D eigenvalue weighted by molar-refractivity contribution is 0.102. The van der Waals surface area contributed by atoms with Crippen LogP contribution in [0.2, 0.25) is 0 Å². The molecule has 4 N–H and O–H groups in total. The van der Waals surface area contributed by atoms with Crippen molar-refractivity contribution in [3.63, 3.8) is 0 Å². The van der Waals surface area contributed by atoms with Crippen molar-refractivity contribution in [2.24, 2.45) is 0 Å². The molecule has 3 heterocycles. The third kappa shape index (κ3) is 3.28. The Morgan fingerprint density at radius 2 is 1.82 bits per heavy atom. The van der Waals surface area contributed by atoms with Gasteiger partial charge in [-0.25, -0.2) is 19.3 Å². The fraction of sp³-hybridized carbons (Fsp3) is 0. The van der Waals surface area contributed by atoms with E-state index >= 15 is 0 Å². The van der Waals surface area contributed by atoms with Crippen LogP contribution in [-0.2, 0) is 0 Å². The summed E-state index contributed by atoms with van der Waals surface area (Å²) in [5.41, 5.74) is 6.35. The number of nitrogens with zero attached hydrogens (tertiary/aromatic N) is 3. The second-order valence-corrected chi connectivity index (χ2v) is 5.92. The number of carbonyl (C=O) groups excluding carboxylic acids is 1. The maximum atomic E-state index is 13.1. The summed E-state index contributed by atoms with van der Waals surface area (Å²) in [4.78, 5) is 39.7. The molecule has 0 fully saturated rings. The van der Waals surface area contributed by atoms with Crippen molar-refractivity contribution in [3.05, 3.63) is 76.7 Å². The first-order chi connectivity index (χ1) is 13.5. The van der Waals surface area contributed by atoms with Crippen molar-refractivity contribution >= 4 is 28.4 Å². The number of aromatic nitrogens is 4. The number of amides is 1. The standard InChI is InChI=1S/C19H13FN6O2/c20-13-3-1-10(2-4-13)17(27)26-16-15-11(5-6-22-18(15)28)7-14(25-16)12-8-23-19(21)24-9-12/h1-9H,(H,22,28)(H2,21,23,24)(H,25,26,27). The van der Waals surface area contributed by atoms with Crippen LogP contribution in [0, 0.1) is 5.82 Å². The Bertz CT molecular complexity index is 1240. The molecule has 4 rings (SSSR count). The Balaban J connectivity index is 1.83. The zero-order chi connectivity index (χ0) is 19.7. The number of carbonyl (C=O) groups is 1. The van der Waals surface area contributed by atoms with E-state index in [-0.39, 0.29) is 22.7 Å². The molecule has 4 aromatic rings. The van der Waals surface area contributed by atoms with E-state index in [0.717, 1.165) is 0 Å². The molecule has 0 radical (unpaired) electrons. The first-order valence-corrected chi connectivity index (χ1v) is 8.18. The minimum atomic E-state index is -0.525. The third-order valence-corrected chi connectivity index (χ3v) is 4.06. The highest BCUT2D eigenvalue weighted by atomic mass is 19.1. The number of hydrogen-bond acceptors (Lipinski definition) is 6. The van der Waals surface area contributed by atoms with Crippen LogP contribution in [0.4, 0.5) is 16.2 Å². The molecule has 0 saturated heterocycles. The molecule has 0 saturated carbocycles. The number of nitrogens with one attached hydrogen (secondary N) is 2. The highest BCUT2D eigenvalue weighted by molar-refractivity contribution is 6.08. The average Bonchev–Trinajstić information content (AvgIpc) is 2.69. The van der Waals surface area contributed by atoms with Gasteiger partial charge in [0.15, 0.2) is 0 Å². The lowest BCUT2D eigenvalue weighted by Crippen LogP contribution is -2.17. The summed E-state index contributed by atoms with van der Waals surface area (Å²) in [6.45, 7) is 0. The van der Waals surface area contributed by atoms with E-state index in [1.54, 1.807) is 12.1 Å². The molecule has 1 aromatic carbocycles. The van der Waals surface area contributed by atoms with E-state index in [1.807, 2.05) is 0 Å². The van der Waals surface area contributed by atoms with E-state index < -0.39 is 17.3 Å². The van der Waals surface area contributed by atoms with Crippen LogP contribution in [0.1, 0.15) is 10.4 Å². The minimum absolute atomic E-state index is 0.0699. The van der Waals surface area contributed by atoms with Gasteiger partial charge in [-0.05, 0) is 41.8 Å². The van der Waals surface area contributed by atoms with Gasteiger partial charge in [-0.3, -0.25) is 9.59 Å². The van der Waals surface area contributed by atoms with Crippen molar-refractivity contribution in [2.75, 3.05) is 11.1 Å². The number of nitrogens with two attached hydrogens (primary N) is 1. The number of fused-ring (bicyclic) bond motifs is 1. The SMILES string of the molecule is Nc1ncc(-c2cc3cc[nH]c(=O)c3c(NC(=O)c3ccc(F)cc3)n2)cn1. The summed E-state index contributed by atoms with van der Waals surface area (Å²) in [5.74, 6) is -0.795. The van der Waals surface area contributed by atoms with Gasteiger partial charge in [0.2, 0.25) is 5.95 Å². The van der Waals surface area contributed by atoms with Crippen molar-refractivity contribution in [2.45, 2.75) is 0 Å². The lowest BCUT2D eigenvalue weighted by atomic mass is 10.1. The summed E-state index contributed by atoms with van der Waals surface area (Å²) < 4.78 is 13.1. The zero-order valence-corrected chi connectivity index (χ0v) is 14.3. The van der Waals surface area contributed by atoms with Crippen LogP contribution in [-0.4, -0.2) is 25.8 Å². The topological polar surface area (TPSA) is 127 Å². The summed E-state index contributed by atoms with van der Waals surface area (Å²) in [6.07, 6.45) is 4.49. The highest BCUT2D eigenvalue weighted by Crippen LogP contribution is 2.25. The molecule has 8 nitrogen and oxygen atoms in total. The molecule has 0 aliphatic rings. The predicted octanol–water partition coefficient (Wildman–Crippen LogP) is 2.35.